The molecule has 0 bridgehead atoms. The normalized spacial score (nSPS) is 16.8. The van der Waals surface area contributed by atoms with Crippen LogP contribution in [0.5, 0.6) is 5.75 Å². The fourth-order valence-electron chi connectivity index (χ4n) is 2.84. The van der Waals surface area contributed by atoms with Gasteiger partial charge in [-0.2, -0.15) is 0 Å². The lowest BCUT2D eigenvalue weighted by Gasteiger charge is -2.33. The average Bonchev–Trinajstić information content (AvgIpc) is 2.50. The van der Waals surface area contributed by atoms with Crippen molar-refractivity contribution < 1.29 is 14.3 Å². The van der Waals surface area contributed by atoms with Gasteiger partial charge in [0.2, 0.25) is 5.91 Å². The van der Waals surface area contributed by atoms with E-state index in [1.54, 1.807) is 11.8 Å². The molecule has 1 aliphatic rings. The number of amides is 2. The molecule has 1 aliphatic heterocycles. The Hall–Kier alpha value is -2.08. The minimum Gasteiger partial charge on any atom is -0.479 e. The first-order chi connectivity index (χ1) is 11.8. The molecule has 1 unspecified atom stereocenters. The van der Waals surface area contributed by atoms with Crippen molar-refractivity contribution in [2.24, 2.45) is 5.92 Å². The number of anilines is 2. The Morgan fingerprint density at radius 2 is 2.08 bits per heavy atom. The van der Waals surface area contributed by atoms with Crippen molar-refractivity contribution in [3.05, 3.63) is 18.2 Å². The molecule has 0 radical (unpaired) electrons. The van der Waals surface area contributed by atoms with E-state index in [1.165, 1.54) is 0 Å². The van der Waals surface area contributed by atoms with E-state index in [0.717, 1.165) is 18.7 Å². The van der Waals surface area contributed by atoms with Crippen molar-refractivity contribution in [1.82, 2.24) is 4.90 Å². The number of nitrogens with zero attached hydrogens (tertiary/aromatic N) is 2. The molecule has 0 fully saturated rings. The van der Waals surface area contributed by atoms with E-state index in [2.05, 4.69) is 10.2 Å². The van der Waals surface area contributed by atoms with E-state index in [1.807, 2.05) is 46.1 Å². The van der Waals surface area contributed by atoms with Gasteiger partial charge >= 0.3 is 0 Å². The molecule has 0 saturated carbocycles. The number of carbonyl (C=O) groups is 2. The average molecular weight is 347 g/mol. The minimum atomic E-state index is -0.492. The number of nitrogens with one attached hydrogen (secondary N) is 1. The summed E-state index contributed by atoms with van der Waals surface area (Å²) in [6.45, 7) is 7.31. The van der Waals surface area contributed by atoms with Crippen LogP contribution in [-0.2, 0) is 9.59 Å². The van der Waals surface area contributed by atoms with Gasteiger partial charge in [0, 0.05) is 18.7 Å². The van der Waals surface area contributed by atoms with Gasteiger partial charge in [0.05, 0.1) is 5.69 Å². The number of fused-ring (bicyclic) bond motifs is 1. The van der Waals surface area contributed by atoms with Crippen LogP contribution in [0.2, 0.25) is 0 Å². The third kappa shape index (κ3) is 5.19. The second-order valence-electron chi connectivity index (χ2n) is 7.24. The molecule has 25 heavy (non-hydrogen) atoms. The van der Waals surface area contributed by atoms with Crippen LogP contribution in [0.4, 0.5) is 11.4 Å². The Morgan fingerprint density at radius 3 is 2.72 bits per heavy atom. The molecule has 1 heterocycles. The largest absolute Gasteiger partial charge is 0.479 e. The van der Waals surface area contributed by atoms with Gasteiger partial charge in [0.15, 0.2) is 6.10 Å². The Labute approximate surface area is 150 Å². The molecule has 138 valence electrons. The second-order valence-corrected chi connectivity index (χ2v) is 7.24. The fourth-order valence-corrected chi connectivity index (χ4v) is 2.84. The van der Waals surface area contributed by atoms with Gasteiger partial charge in [0.1, 0.15) is 5.75 Å². The highest BCUT2D eigenvalue weighted by molar-refractivity contribution is 6.01. The Kier molecular flexibility index (Phi) is 6.42. The molecule has 1 aromatic carbocycles. The molecular weight excluding hydrogens is 318 g/mol. The molecule has 2 rings (SSSR count). The molecule has 1 N–H and O–H groups in total. The predicted molar refractivity (Wildman–Crippen MR) is 100 cm³/mol. The van der Waals surface area contributed by atoms with Crippen LogP contribution in [0.3, 0.4) is 0 Å². The van der Waals surface area contributed by atoms with Gasteiger partial charge in [0.25, 0.3) is 5.91 Å². The zero-order valence-electron chi connectivity index (χ0n) is 15.8. The lowest BCUT2D eigenvalue weighted by molar-refractivity contribution is -0.125. The highest BCUT2D eigenvalue weighted by Crippen LogP contribution is 2.36. The summed E-state index contributed by atoms with van der Waals surface area (Å²) < 4.78 is 5.71. The van der Waals surface area contributed by atoms with Crippen LogP contribution in [0.25, 0.3) is 0 Å². The second kappa shape index (κ2) is 8.34. The minimum absolute atomic E-state index is 0.0227. The SMILES string of the molecule is CC(C)CC(=O)Nc1ccc2c(c1)N(CCCN(C)C)C(=O)C(C)O2. The van der Waals surface area contributed by atoms with Crippen molar-refractivity contribution in [3.63, 3.8) is 0 Å². The smallest absolute Gasteiger partial charge is 0.267 e. The molecule has 1 atom stereocenters. The molecule has 0 aliphatic carbocycles. The maximum Gasteiger partial charge on any atom is 0.267 e. The van der Waals surface area contributed by atoms with Crippen LogP contribution < -0.4 is 15.0 Å². The highest BCUT2D eigenvalue weighted by atomic mass is 16.5. The summed E-state index contributed by atoms with van der Waals surface area (Å²) in [6.07, 6.45) is 0.846. The fraction of sp³-hybridized carbons (Fsp3) is 0.579. The first-order valence-corrected chi connectivity index (χ1v) is 8.84. The van der Waals surface area contributed by atoms with E-state index >= 15 is 0 Å². The van der Waals surface area contributed by atoms with Gasteiger partial charge in [-0.3, -0.25) is 9.59 Å². The van der Waals surface area contributed by atoms with Gasteiger partial charge in [-0.05, 0) is 58.1 Å². The molecule has 0 saturated heterocycles. The standard InChI is InChI=1S/C19H29N3O3/c1-13(2)11-18(23)20-15-7-8-17-16(12-15)22(10-6-9-21(4)5)19(24)14(3)25-17/h7-8,12-14H,6,9-11H2,1-5H3,(H,20,23). The number of rotatable bonds is 7. The van der Waals surface area contributed by atoms with E-state index in [-0.39, 0.29) is 11.8 Å². The van der Waals surface area contributed by atoms with Crippen LogP contribution in [0.1, 0.15) is 33.6 Å². The third-order valence-electron chi connectivity index (χ3n) is 4.03. The zero-order chi connectivity index (χ0) is 18.6. The van der Waals surface area contributed by atoms with Crippen molar-refractivity contribution in [2.75, 3.05) is 37.4 Å². The van der Waals surface area contributed by atoms with Crippen molar-refractivity contribution >= 4 is 23.2 Å². The van der Waals surface area contributed by atoms with E-state index in [4.69, 9.17) is 4.74 Å². The summed E-state index contributed by atoms with van der Waals surface area (Å²) >= 11 is 0. The highest BCUT2D eigenvalue weighted by Gasteiger charge is 2.31. The Morgan fingerprint density at radius 1 is 1.36 bits per heavy atom. The molecule has 2 amide bonds. The lowest BCUT2D eigenvalue weighted by atomic mass is 10.1. The number of benzene rings is 1. The monoisotopic (exact) mass is 347 g/mol. The van der Waals surface area contributed by atoms with E-state index in [0.29, 0.717) is 30.3 Å². The number of carbonyl (C=O) groups excluding carboxylic acids is 2. The van der Waals surface area contributed by atoms with Crippen LogP contribution >= 0.6 is 0 Å². The summed E-state index contributed by atoms with van der Waals surface area (Å²) in [5, 5.41) is 2.90. The molecule has 6 heteroatoms. The maximum atomic E-state index is 12.5. The molecule has 0 spiro atoms. The summed E-state index contributed by atoms with van der Waals surface area (Å²) in [5.41, 5.74) is 1.41. The first kappa shape index (κ1) is 19.2. The number of hydrogen-bond acceptors (Lipinski definition) is 4. The van der Waals surface area contributed by atoms with Crippen LogP contribution in [0, 0.1) is 5.92 Å². The Balaban J connectivity index is 2.18. The maximum absolute atomic E-state index is 12.5. The summed E-state index contributed by atoms with van der Waals surface area (Å²) in [4.78, 5) is 28.4. The van der Waals surface area contributed by atoms with Crippen LogP contribution in [0.15, 0.2) is 18.2 Å². The van der Waals surface area contributed by atoms with Gasteiger partial charge in [-0.15, -0.1) is 0 Å². The van der Waals surface area contributed by atoms with E-state index in [9.17, 15) is 9.59 Å². The van der Waals surface area contributed by atoms with Crippen molar-refractivity contribution in [1.29, 1.82) is 0 Å². The summed E-state index contributed by atoms with van der Waals surface area (Å²) in [6, 6.07) is 5.47. The quantitative estimate of drug-likeness (QED) is 0.824. The van der Waals surface area contributed by atoms with Gasteiger partial charge in [-0.25, -0.2) is 0 Å². The molecule has 6 nitrogen and oxygen atoms in total. The van der Waals surface area contributed by atoms with Crippen molar-refractivity contribution in [2.45, 2.75) is 39.7 Å². The third-order valence-corrected chi connectivity index (χ3v) is 4.03. The topological polar surface area (TPSA) is 61.9 Å². The first-order valence-electron chi connectivity index (χ1n) is 8.84. The van der Waals surface area contributed by atoms with Gasteiger partial charge < -0.3 is 19.9 Å². The molecular formula is C19H29N3O3. The zero-order valence-corrected chi connectivity index (χ0v) is 15.8. The summed E-state index contributed by atoms with van der Waals surface area (Å²) in [7, 11) is 4.03. The van der Waals surface area contributed by atoms with Gasteiger partial charge in [-0.1, -0.05) is 13.8 Å². The number of ether oxygens (including phenoxy) is 1. The van der Waals surface area contributed by atoms with Crippen molar-refractivity contribution in [3.8, 4) is 5.75 Å². The molecule has 0 aromatic heterocycles. The van der Waals surface area contributed by atoms with E-state index < -0.39 is 6.10 Å². The number of hydrogen-bond donors (Lipinski definition) is 1. The van der Waals surface area contributed by atoms with Crippen LogP contribution in [-0.4, -0.2) is 50.0 Å². The lowest BCUT2D eigenvalue weighted by Crippen LogP contribution is -2.45. The molecule has 1 aromatic rings. The predicted octanol–water partition coefficient (Wildman–Crippen LogP) is 2.74. The summed E-state index contributed by atoms with van der Waals surface area (Å²) in [5.74, 6) is 0.909. The Bertz CT molecular complexity index is 628.